The molecular weight excluding hydrogens is 404 g/mol. The Balaban J connectivity index is 1.69. The lowest BCUT2D eigenvalue weighted by Crippen LogP contribution is -2.64. The number of methoxy groups -OCH3 is 3. The van der Waals surface area contributed by atoms with Gasteiger partial charge in [0.05, 0.1) is 21.3 Å². The van der Waals surface area contributed by atoms with Gasteiger partial charge >= 0.3 is 0 Å². The summed E-state index contributed by atoms with van der Waals surface area (Å²) in [7, 11) is 4.72. The number of thiocarbonyl (C=S) groups is 1. The van der Waals surface area contributed by atoms with E-state index in [9.17, 15) is 4.79 Å². The molecule has 0 unspecified atom stereocenters. The molecule has 3 N–H and O–H groups in total. The van der Waals surface area contributed by atoms with Gasteiger partial charge in [0.2, 0.25) is 11.7 Å². The summed E-state index contributed by atoms with van der Waals surface area (Å²) < 4.78 is 16.2. The van der Waals surface area contributed by atoms with E-state index in [0.29, 0.717) is 48.3 Å². The highest BCUT2D eigenvalue weighted by molar-refractivity contribution is 7.80. The standard InChI is InChI=1S/C21H32N4O4S/c1-27-16-13-15(14-17(28-2)18(16)29-3)23-20(30)24-11-7-21(8-12-24,19(22)26)25-9-5-4-6-10-25/h13-14H,4-12H2,1-3H3,(H2,22,26)(H,23,30). The highest BCUT2D eigenvalue weighted by Gasteiger charge is 2.45. The molecule has 0 spiro atoms. The van der Waals surface area contributed by atoms with Crippen molar-refractivity contribution in [2.24, 2.45) is 5.73 Å². The Kier molecular flexibility index (Phi) is 7.25. The van der Waals surface area contributed by atoms with Crippen molar-refractivity contribution in [3.05, 3.63) is 12.1 Å². The van der Waals surface area contributed by atoms with Gasteiger partial charge in [-0.15, -0.1) is 0 Å². The number of nitrogens with two attached hydrogens (primary N) is 1. The number of benzene rings is 1. The first-order chi connectivity index (χ1) is 14.4. The lowest BCUT2D eigenvalue weighted by Gasteiger charge is -2.48. The largest absolute Gasteiger partial charge is 0.493 e. The Labute approximate surface area is 183 Å². The van der Waals surface area contributed by atoms with Crippen LogP contribution in [0.2, 0.25) is 0 Å². The molecule has 30 heavy (non-hydrogen) atoms. The topological polar surface area (TPSA) is 89.3 Å². The zero-order valence-electron chi connectivity index (χ0n) is 18.0. The Morgan fingerprint density at radius 3 is 2.03 bits per heavy atom. The summed E-state index contributed by atoms with van der Waals surface area (Å²) in [5.41, 5.74) is 6.07. The summed E-state index contributed by atoms with van der Waals surface area (Å²) in [6, 6.07) is 3.64. The second-order valence-electron chi connectivity index (χ2n) is 7.77. The number of hydrogen-bond donors (Lipinski definition) is 2. The molecule has 1 aromatic carbocycles. The molecule has 0 saturated carbocycles. The van der Waals surface area contributed by atoms with Crippen LogP contribution in [0.1, 0.15) is 32.1 Å². The summed E-state index contributed by atoms with van der Waals surface area (Å²) in [5.74, 6) is 1.42. The van der Waals surface area contributed by atoms with Crippen molar-refractivity contribution in [3.8, 4) is 17.2 Å². The molecular formula is C21H32N4O4S. The number of piperidine rings is 2. The van der Waals surface area contributed by atoms with E-state index in [2.05, 4.69) is 15.1 Å². The second kappa shape index (κ2) is 9.70. The van der Waals surface area contributed by atoms with Gasteiger partial charge in [-0.2, -0.15) is 0 Å². The molecule has 2 fully saturated rings. The normalized spacial score (nSPS) is 19.1. The van der Waals surface area contributed by atoms with E-state index < -0.39 is 5.54 Å². The van der Waals surface area contributed by atoms with Gasteiger partial charge < -0.3 is 30.2 Å². The zero-order chi connectivity index (χ0) is 21.7. The first-order valence-corrected chi connectivity index (χ1v) is 10.8. The minimum Gasteiger partial charge on any atom is -0.493 e. The van der Waals surface area contributed by atoms with Crippen LogP contribution >= 0.6 is 12.2 Å². The van der Waals surface area contributed by atoms with E-state index in [1.54, 1.807) is 21.3 Å². The molecule has 0 aromatic heterocycles. The smallest absolute Gasteiger partial charge is 0.238 e. The monoisotopic (exact) mass is 436 g/mol. The van der Waals surface area contributed by atoms with E-state index >= 15 is 0 Å². The maximum Gasteiger partial charge on any atom is 0.238 e. The minimum atomic E-state index is -0.556. The summed E-state index contributed by atoms with van der Waals surface area (Å²) >= 11 is 5.65. The maximum absolute atomic E-state index is 12.4. The molecule has 1 amide bonds. The van der Waals surface area contributed by atoms with E-state index in [1.165, 1.54) is 6.42 Å². The number of nitrogens with zero attached hydrogens (tertiary/aromatic N) is 2. The maximum atomic E-state index is 12.4. The van der Waals surface area contributed by atoms with Crippen molar-refractivity contribution in [1.29, 1.82) is 0 Å². The van der Waals surface area contributed by atoms with Crippen molar-refractivity contribution in [3.63, 3.8) is 0 Å². The second-order valence-corrected chi connectivity index (χ2v) is 8.16. The highest BCUT2D eigenvalue weighted by atomic mass is 32.1. The van der Waals surface area contributed by atoms with Crippen molar-refractivity contribution in [2.75, 3.05) is 52.8 Å². The molecule has 0 atom stereocenters. The Hall–Kier alpha value is -2.26. The summed E-state index contributed by atoms with van der Waals surface area (Å²) in [6.45, 7) is 3.24. The van der Waals surface area contributed by atoms with E-state index in [-0.39, 0.29) is 5.91 Å². The number of amides is 1. The number of nitrogens with one attached hydrogen (secondary N) is 1. The minimum absolute atomic E-state index is 0.215. The van der Waals surface area contributed by atoms with Gasteiger partial charge in [-0.1, -0.05) is 6.42 Å². The molecule has 9 heteroatoms. The predicted octanol–water partition coefficient (Wildman–Crippen LogP) is 2.21. The first kappa shape index (κ1) is 22.4. The van der Waals surface area contributed by atoms with Crippen LogP contribution in [-0.2, 0) is 4.79 Å². The fourth-order valence-electron chi connectivity index (χ4n) is 4.48. The van der Waals surface area contributed by atoms with Gasteiger partial charge in [-0.25, -0.2) is 0 Å². The fraction of sp³-hybridized carbons (Fsp3) is 0.619. The van der Waals surface area contributed by atoms with Gasteiger partial charge in [0.1, 0.15) is 5.54 Å². The van der Waals surface area contributed by atoms with Crippen LogP contribution in [0.15, 0.2) is 12.1 Å². The number of primary amides is 1. The summed E-state index contributed by atoms with van der Waals surface area (Å²) in [4.78, 5) is 16.8. The molecule has 2 aliphatic rings. The average molecular weight is 437 g/mol. The number of likely N-dealkylation sites (tertiary alicyclic amines) is 2. The number of hydrogen-bond acceptors (Lipinski definition) is 6. The van der Waals surface area contributed by atoms with Crippen LogP contribution < -0.4 is 25.3 Å². The molecule has 1 aromatic rings. The Morgan fingerprint density at radius 2 is 1.57 bits per heavy atom. The van der Waals surface area contributed by atoms with Crippen LogP contribution in [-0.4, -0.2) is 73.9 Å². The molecule has 0 bridgehead atoms. The molecule has 3 rings (SSSR count). The van der Waals surface area contributed by atoms with Crippen LogP contribution in [0, 0.1) is 0 Å². The third-order valence-electron chi connectivity index (χ3n) is 6.21. The van der Waals surface area contributed by atoms with Crippen molar-refractivity contribution in [1.82, 2.24) is 9.80 Å². The highest BCUT2D eigenvalue weighted by Crippen LogP contribution is 2.40. The lowest BCUT2D eigenvalue weighted by molar-refractivity contribution is -0.134. The lowest BCUT2D eigenvalue weighted by atomic mass is 9.83. The Bertz CT molecular complexity index is 749. The van der Waals surface area contributed by atoms with Gasteiger partial charge in [0.15, 0.2) is 16.6 Å². The van der Waals surface area contributed by atoms with Crippen LogP contribution in [0.25, 0.3) is 0 Å². The van der Waals surface area contributed by atoms with Crippen LogP contribution in [0.4, 0.5) is 5.69 Å². The van der Waals surface area contributed by atoms with Crippen LogP contribution in [0.3, 0.4) is 0 Å². The molecule has 2 heterocycles. The number of carbonyl (C=O) groups excluding carboxylic acids is 1. The molecule has 2 saturated heterocycles. The molecule has 0 aliphatic carbocycles. The zero-order valence-corrected chi connectivity index (χ0v) is 18.8. The number of anilines is 1. The van der Waals surface area contributed by atoms with Crippen molar-refractivity contribution < 1.29 is 19.0 Å². The predicted molar refractivity (Wildman–Crippen MR) is 120 cm³/mol. The average Bonchev–Trinajstić information content (AvgIpc) is 2.78. The molecule has 2 aliphatic heterocycles. The van der Waals surface area contributed by atoms with Gasteiger partial charge in [0, 0.05) is 30.9 Å². The molecule has 8 nitrogen and oxygen atoms in total. The first-order valence-electron chi connectivity index (χ1n) is 10.4. The molecule has 0 radical (unpaired) electrons. The Morgan fingerprint density at radius 1 is 1.00 bits per heavy atom. The van der Waals surface area contributed by atoms with Crippen molar-refractivity contribution in [2.45, 2.75) is 37.6 Å². The summed E-state index contributed by atoms with van der Waals surface area (Å²) in [5, 5.41) is 3.86. The van der Waals surface area contributed by atoms with Gasteiger partial charge in [0.25, 0.3) is 0 Å². The number of ether oxygens (including phenoxy) is 3. The molecule has 166 valence electrons. The third-order valence-corrected chi connectivity index (χ3v) is 6.57. The van der Waals surface area contributed by atoms with Gasteiger partial charge in [-0.05, 0) is 51.0 Å². The van der Waals surface area contributed by atoms with Gasteiger partial charge in [-0.3, -0.25) is 9.69 Å². The SMILES string of the molecule is COc1cc(NC(=S)N2CCC(C(N)=O)(N3CCCCC3)CC2)cc(OC)c1OC. The fourth-order valence-corrected chi connectivity index (χ4v) is 4.78. The van der Waals surface area contributed by atoms with Crippen LogP contribution in [0.5, 0.6) is 17.2 Å². The van der Waals surface area contributed by atoms with Crippen molar-refractivity contribution >= 4 is 28.9 Å². The van der Waals surface area contributed by atoms with E-state index in [1.807, 2.05) is 12.1 Å². The number of rotatable bonds is 6. The quantitative estimate of drug-likeness (QED) is 0.656. The number of carbonyl (C=O) groups is 1. The summed E-state index contributed by atoms with van der Waals surface area (Å²) in [6.07, 6.45) is 4.83. The van der Waals surface area contributed by atoms with E-state index in [4.69, 9.17) is 32.2 Å². The third kappa shape index (κ3) is 4.41. The van der Waals surface area contributed by atoms with E-state index in [0.717, 1.165) is 31.6 Å².